The minimum absolute atomic E-state index is 0.193. The molecule has 0 unspecified atom stereocenters. The Kier molecular flexibility index (Phi) is 21.4. The fourth-order valence-electron chi connectivity index (χ4n) is 3.18. The molecule has 0 aromatic heterocycles. The van der Waals surface area contributed by atoms with E-state index < -0.39 is 0 Å². The van der Waals surface area contributed by atoms with Crippen molar-refractivity contribution >= 4 is 0 Å². The highest BCUT2D eigenvalue weighted by Gasteiger charge is 1.94. The summed E-state index contributed by atoms with van der Waals surface area (Å²) in [6, 6.07) is 0. The second kappa shape index (κ2) is 21.7. The van der Waals surface area contributed by atoms with Crippen LogP contribution in [0.4, 0.5) is 0 Å². The summed E-state index contributed by atoms with van der Waals surface area (Å²) in [6.45, 7) is 2.48. The van der Waals surface area contributed by atoms with Gasteiger partial charge in [-0.05, 0) is 12.8 Å². The molecule has 23 heavy (non-hydrogen) atoms. The lowest BCUT2D eigenvalue weighted by atomic mass is 10.0. The van der Waals surface area contributed by atoms with Crippen molar-refractivity contribution in [2.45, 2.75) is 122 Å². The summed E-state index contributed by atoms with van der Waals surface area (Å²) in [7, 11) is 0. The summed E-state index contributed by atoms with van der Waals surface area (Å²) in [5.41, 5.74) is 0. The van der Waals surface area contributed by atoms with Gasteiger partial charge in [0.15, 0.2) is 0 Å². The highest BCUT2D eigenvalue weighted by molar-refractivity contribution is 4.80. The van der Waals surface area contributed by atoms with E-state index in [4.69, 9.17) is 5.11 Å². The van der Waals surface area contributed by atoms with Gasteiger partial charge in [0.05, 0.1) is 6.61 Å². The van der Waals surface area contributed by atoms with E-state index in [0.717, 1.165) is 6.42 Å². The van der Waals surface area contributed by atoms with Crippen LogP contribution in [0.5, 0.6) is 0 Å². The molecule has 1 heteroatoms. The van der Waals surface area contributed by atoms with Crippen LogP contribution in [0.2, 0.25) is 0 Å². The van der Waals surface area contributed by atoms with E-state index in [-0.39, 0.29) is 6.61 Å². The molecular formula is C22H44O. The lowest BCUT2D eigenvalue weighted by molar-refractivity contribution is 0.342. The van der Waals surface area contributed by atoms with Gasteiger partial charge in [-0.15, -0.1) is 0 Å². The van der Waals surface area contributed by atoms with Crippen molar-refractivity contribution in [3.63, 3.8) is 0 Å². The van der Waals surface area contributed by atoms with Crippen LogP contribution in [0.25, 0.3) is 0 Å². The molecule has 1 nitrogen and oxygen atoms in total. The molecule has 0 aliphatic carbocycles. The standard InChI is InChI=1S/C22H44O/c1-2-3-4-5-6-7-8-9-10-11-12-13-14-15-16-17-18-19-20-21-22-23/h20-21,23H,2-19,22H2,1H3. The lowest BCUT2D eigenvalue weighted by Gasteiger charge is -2.03. The minimum Gasteiger partial charge on any atom is -0.392 e. The van der Waals surface area contributed by atoms with Crippen LogP contribution in [0.1, 0.15) is 122 Å². The molecule has 0 aliphatic heterocycles. The van der Waals surface area contributed by atoms with Crippen LogP contribution >= 0.6 is 0 Å². The van der Waals surface area contributed by atoms with Gasteiger partial charge < -0.3 is 5.11 Å². The summed E-state index contributed by atoms with van der Waals surface area (Å²) >= 11 is 0. The number of hydrogen-bond donors (Lipinski definition) is 1. The number of hydrogen-bond acceptors (Lipinski definition) is 1. The molecule has 0 rings (SSSR count). The van der Waals surface area contributed by atoms with E-state index in [0.29, 0.717) is 0 Å². The van der Waals surface area contributed by atoms with Gasteiger partial charge in [-0.25, -0.2) is 0 Å². The molecular weight excluding hydrogens is 280 g/mol. The van der Waals surface area contributed by atoms with Gasteiger partial charge in [0.1, 0.15) is 0 Å². The Morgan fingerprint density at radius 2 is 0.826 bits per heavy atom. The van der Waals surface area contributed by atoms with E-state index in [2.05, 4.69) is 13.0 Å². The molecule has 0 saturated carbocycles. The van der Waals surface area contributed by atoms with Gasteiger partial charge in [0.2, 0.25) is 0 Å². The van der Waals surface area contributed by atoms with Crippen LogP contribution in [-0.2, 0) is 0 Å². The maximum Gasteiger partial charge on any atom is 0.0612 e. The monoisotopic (exact) mass is 324 g/mol. The number of aliphatic hydroxyl groups is 1. The second-order valence-corrected chi connectivity index (χ2v) is 7.10. The quantitative estimate of drug-likeness (QED) is 0.192. The maximum atomic E-state index is 8.62. The summed E-state index contributed by atoms with van der Waals surface area (Å²) in [4.78, 5) is 0. The Labute approximate surface area is 147 Å². The smallest absolute Gasteiger partial charge is 0.0612 e. The van der Waals surface area contributed by atoms with Crippen LogP contribution in [0, 0.1) is 0 Å². The topological polar surface area (TPSA) is 20.2 Å². The van der Waals surface area contributed by atoms with E-state index in [9.17, 15) is 0 Å². The Morgan fingerprint density at radius 1 is 0.478 bits per heavy atom. The van der Waals surface area contributed by atoms with Crippen molar-refractivity contribution in [2.24, 2.45) is 0 Å². The van der Waals surface area contributed by atoms with Gasteiger partial charge in [0.25, 0.3) is 0 Å². The highest BCUT2D eigenvalue weighted by atomic mass is 16.2. The number of unbranched alkanes of at least 4 members (excludes halogenated alkanes) is 17. The first-order chi connectivity index (χ1) is 11.4. The second-order valence-electron chi connectivity index (χ2n) is 7.10. The predicted molar refractivity (Wildman–Crippen MR) is 105 cm³/mol. The average Bonchev–Trinajstić information content (AvgIpc) is 2.57. The first-order valence-electron chi connectivity index (χ1n) is 10.7. The zero-order valence-electron chi connectivity index (χ0n) is 16.0. The number of rotatable bonds is 19. The molecule has 1 N–H and O–H groups in total. The first kappa shape index (κ1) is 22.7. The molecule has 0 saturated heterocycles. The Morgan fingerprint density at radius 3 is 1.17 bits per heavy atom. The number of aliphatic hydroxyl groups excluding tert-OH is 1. The summed E-state index contributed by atoms with van der Waals surface area (Å²) in [6.07, 6.45) is 29.4. The Balaban J connectivity index is 2.96. The van der Waals surface area contributed by atoms with Crippen molar-refractivity contribution in [1.82, 2.24) is 0 Å². The van der Waals surface area contributed by atoms with Gasteiger partial charge in [-0.3, -0.25) is 0 Å². The fraction of sp³-hybridized carbons (Fsp3) is 0.909. The van der Waals surface area contributed by atoms with Crippen LogP contribution in [0.3, 0.4) is 0 Å². The zero-order valence-corrected chi connectivity index (χ0v) is 16.0. The predicted octanol–water partition coefficient (Wildman–Crippen LogP) is 7.58. The Hall–Kier alpha value is -0.300. The van der Waals surface area contributed by atoms with Crippen molar-refractivity contribution < 1.29 is 5.11 Å². The third kappa shape index (κ3) is 21.7. The molecule has 0 aromatic carbocycles. The molecule has 0 bridgehead atoms. The van der Waals surface area contributed by atoms with Crippen molar-refractivity contribution in [3.05, 3.63) is 12.2 Å². The van der Waals surface area contributed by atoms with Gasteiger partial charge >= 0.3 is 0 Å². The van der Waals surface area contributed by atoms with Crippen molar-refractivity contribution in [3.8, 4) is 0 Å². The molecule has 0 heterocycles. The van der Waals surface area contributed by atoms with Crippen LogP contribution < -0.4 is 0 Å². The van der Waals surface area contributed by atoms with E-state index in [1.807, 2.05) is 6.08 Å². The van der Waals surface area contributed by atoms with Crippen LogP contribution in [-0.4, -0.2) is 11.7 Å². The zero-order chi connectivity index (χ0) is 16.8. The van der Waals surface area contributed by atoms with Crippen molar-refractivity contribution in [1.29, 1.82) is 0 Å². The van der Waals surface area contributed by atoms with Gasteiger partial charge in [-0.2, -0.15) is 0 Å². The van der Waals surface area contributed by atoms with E-state index >= 15 is 0 Å². The van der Waals surface area contributed by atoms with Crippen molar-refractivity contribution in [2.75, 3.05) is 6.61 Å². The average molecular weight is 325 g/mol. The molecule has 0 fully saturated rings. The molecule has 0 aromatic rings. The molecule has 0 atom stereocenters. The summed E-state index contributed by atoms with van der Waals surface area (Å²) < 4.78 is 0. The fourth-order valence-corrected chi connectivity index (χ4v) is 3.18. The largest absolute Gasteiger partial charge is 0.392 e. The molecule has 0 amide bonds. The summed E-state index contributed by atoms with van der Waals surface area (Å²) in [5, 5.41) is 8.62. The van der Waals surface area contributed by atoms with Gasteiger partial charge in [-0.1, -0.05) is 122 Å². The minimum atomic E-state index is 0.193. The first-order valence-corrected chi connectivity index (χ1v) is 10.7. The molecule has 0 radical (unpaired) electrons. The SMILES string of the molecule is CCCCCCCCCCCCCCCCCCCC=CCO. The molecule has 138 valence electrons. The van der Waals surface area contributed by atoms with Gasteiger partial charge in [0, 0.05) is 0 Å². The lowest BCUT2D eigenvalue weighted by Crippen LogP contribution is -1.83. The Bertz CT molecular complexity index is 222. The maximum absolute atomic E-state index is 8.62. The van der Waals surface area contributed by atoms with E-state index in [1.165, 1.54) is 109 Å². The highest BCUT2D eigenvalue weighted by Crippen LogP contribution is 2.14. The van der Waals surface area contributed by atoms with Crippen LogP contribution in [0.15, 0.2) is 12.2 Å². The van der Waals surface area contributed by atoms with E-state index in [1.54, 1.807) is 0 Å². The third-order valence-corrected chi connectivity index (χ3v) is 4.75. The summed E-state index contributed by atoms with van der Waals surface area (Å²) in [5.74, 6) is 0. The third-order valence-electron chi connectivity index (χ3n) is 4.75. The molecule has 0 aliphatic rings. The molecule has 0 spiro atoms. The number of allylic oxidation sites excluding steroid dienone is 1. The normalized spacial score (nSPS) is 11.6.